The zero-order valence-electron chi connectivity index (χ0n) is 11.7. The Morgan fingerprint density at radius 3 is 2.37 bits per heavy atom. The molecule has 0 bridgehead atoms. The predicted molar refractivity (Wildman–Crippen MR) is 80.2 cm³/mol. The van der Waals surface area contributed by atoms with Crippen molar-refractivity contribution in [1.82, 2.24) is 4.31 Å². The summed E-state index contributed by atoms with van der Waals surface area (Å²) >= 11 is 1.79. The zero-order valence-corrected chi connectivity index (χ0v) is 12.6. The van der Waals surface area contributed by atoms with Crippen molar-refractivity contribution in [1.29, 1.82) is 0 Å². The van der Waals surface area contributed by atoms with Gasteiger partial charge in [-0.3, -0.25) is 0 Å². The Morgan fingerprint density at radius 1 is 1.32 bits per heavy atom. The summed E-state index contributed by atoms with van der Waals surface area (Å²) in [5.74, 6) is 0.289. The van der Waals surface area contributed by atoms with E-state index >= 15 is 0 Å². The average Bonchev–Trinajstić information content (AvgIpc) is 2.49. The first kappa shape index (κ1) is 16.2. The van der Waals surface area contributed by atoms with E-state index in [1.165, 1.54) is 4.90 Å². The molecular weight excluding hydrogens is 258 g/mol. The highest BCUT2D eigenvalue weighted by Crippen LogP contribution is 2.27. The molecule has 1 aliphatic heterocycles. The number of ether oxygens (including phenoxy) is 1. The molecule has 0 aromatic heterocycles. The third-order valence-electron chi connectivity index (χ3n) is 2.96. The number of methoxy groups -OCH3 is 1. The zero-order chi connectivity index (χ0) is 13.9. The molecule has 1 fully saturated rings. The topological polar surface area (TPSA) is 29.5 Å². The summed E-state index contributed by atoms with van der Waals surface area (Å²) in [4.78, 5) is 11.9. The maximum atomic E-state index is 10.6. The van der Waals surface area contributed by atoms with Crippen LogP contribution in [0.3, 0.4) is 0 Å². The number of hydrogen-bond donors (Lipinski definition) is 0. The van der Waals surface area contributed by atoms with E-state index in [9.17, 15) is 4.79 Å². The number of hydrogen-bond acceptors (Lipinski definition) is 4. The number of carbonyl (C=O) groups is 1. The fourth-order valence-electron chi connectivity index (χ4n) is 1.73. The van der Waals surface area contributed by atoms with E-state index in [1.807, 2.05) is 13.0 Å². The van der Waals surface area contributed by atoms with Gasteiger partial charge in [-0.1, -0.05) is 18.2 Å². The highest BCUT2D eigenvalue weighted by molar-refractivity contribution is 7.97. The molecule has 1 saturated heterocycles. The van der Waals surface area contributed by atoms with E-state index in [1.54, 1.807) is 19.1 Å². The summed E-state index contributed by atoms with van der Waals surface area (Å²) < 4.78 is 6.88. The van der Waals surface area contributed by atoms with Crippen LogP contribution in [0.25, 0.3) is 0 Å². The minimum Gasteiger partial charge on any atom is -0.385 e. The largest absolute Gasteiger partial charge is 0.385 e. The van der Waals surface area contributed by atoms with Gasteiger partial charge in [0.15, 0.2) is 0 Å². The van der Waals surface area contributed by atoms with Crippen molar-refractivity contribution in [3.63, 3.8) is 0 Å². The average molecular weight is 281 g/mol. The highest BCUT2D eigenvalue weighted by Gasteiger charge is 2.18. The smallest absolute Gasteiger partial charge is 0.123 e. The molecule has 1 aliphatic rings. The summed E-state index contributed by atoms with van der Waals surface area (Å²) in [6, 6.07) is 10.4. The Kier molecular flexibility index (Phi) is 8.54. The van der Waals surface area contributed by atoms with Crippen LogP contribution in [0.2, 0.25) is 0 Å². The van der Waals surface area contributed by atoms with Crippen LogP contribution in [0.5, 0.6) is 0 Å². The van der Waals surface area contributed by atoms with E-state index in [-0.39, 0.29) is 5.92 Å². The van der Waals surface area contributed by atoms with Gasteiger partial charge in [0, 0.05) is 37.6 Å². The Morgan fingerprint density at radius 2 is 1.89 bits per heavy atom. The van der Waals surface area contributed by atoms with Gasteiger partial charge in [-0.15, -0.1) is 0 Å². The van der Waals surface area contributed by atoms with Crippen molar-refractivity contribution in [2.24, 2.45) is 5.92 Å². The van der Waals surface area contributed by atoms with Gasteiger partial charge in [0.1, 0.15) is 6.29 Å². The molecule has 0 aliphatic carbocycles. The van der Waals surface area contributed by atoms with E-state index in [4.69, 9.17) is 0 Å². The molecule has 0 radical (unpaired) electrons. The number of piperidine rings is 1. The van der Waals surface area contributed by atoms with Crippen molar-refractivity contribution in [2.45, 2.75) is 24.7 Å². The third kappa shape index (κ3) is 6.76. The first-order valence-electron chi connectivity index (χ1n) is 6.72. The fraction of sp³-hybridized carbons (Fsp3) is 0.533. The second-order valence-electron chi connectivity index (χ2n) is 4.38. The standard InChI is InChI=1S/C12H15NOS.C3H8O/c14-10-11-6-8-13(9-7-11)15-12-4-2-1-3-5-12;1-3-4-2/h1-5,10-11H,6-9H2;3H2,1-2H3. The molecule has 1 aromatic carbocycles. The lowest BCUT2D eigenvalue weighted by Gasteiger charge is -2.28. The van der Waals surface area contributed by atoms with Crippen LogP contribution in [0.4, 0.5) is 0 Å². The van der Waals surface area contributed by atoms with Gasteiger partial charge in [0.05, 0.1) is 0 Å². The van der Waals surface area contributed by atoms with Crippen molar-refractivity contribution in [3.05, 3.63) is 30.3 Å². The van der Waals surface area contributed by atoms with E-state index < -0.39 is 0 Å². The first-order valence-corrected chi connectivity index (χ1v) is 7.49. The maximum absolute atomic E-state index is 10.6. The third-order valence-corrected chi connectivity index (χ3v) is 4.06. The van der Waals surface area contributed by atoms with E-state index in [0.29, 0.717) is 0 Å². The Bertz CT molecular complexity index is 335. The quantitative estimate of drug-likeness (QED) is 0.626. The minimum absolute atomic E-state index is 0.289. The van der Waals surface area contributed by atoms with Gasteiger partial charge < -0.3 is 9.53 Å². The lowest BCUT2D eigenvalue weighted by molar-refractivity contribution is -0.112. The van der Waals surface area contributed by atoms with Gasteiger partial charge in [0.2, 0.25) is 0 Å². The van der Waals surface area contributed by atoms with Crippen LogP contribution in [0.15, 0.2) is 35.2 Å². The molecule has 2 rings (SSSR count). The van der Waals surface area contributed by atoms with Crippen molar-refractivity contribution < 1.29 is 9.53 Å². The molecule has 1 heterocycles. The lowest BCUT2D eigenvalue weighted by atomic mass is 10.0. The summed E-state index contributed by atoms with van der Waals surface area (Å²) in [7, 11) is 1.68. The molecule has 3 nitrogen and oxygen atoms in total. The van der Waals surface area contributed by atoms with Gasteiger partial charge >= 0.3 is 0 Å². The molecule has 0 saturated carbocycles. The minimum atomic E-state index is 0.289. The van der Waals surface area contributed by atoms with E-state index in [2.05, 4.69) is 33.3 Å². The molecule has 0 N–H and O–H groups in total. The van der Waals surface area contributed by atoms with Crippen LogP contribution in [-0.2, 0) is 9.53 Å². The number of carbonyl (C=O) groups excluding carboxylic acids is 1. The van der Waals surface area contributed by atoms with Crippen LogP contribution >= 0.6 is 11.9 Å². The molecule has 19 heavy (non-hydrogen) atoms. The van der Waals surface area contributed by atoms with Crippen molar-refractivity contribution in [3.8, 4) is 0 Å². The van der Waals surface area contributed by atoms with Crippen LogP contribution in [0.1, 0.15) is 19.8 Å². The van der Waals surface area contributed by atoms with Crippen molar-refractivity contribution in [2.75, 3.05) is 26.8 Å². The van der Waals surface area contributed by atoms with Gasteiger partial charge in [-0.05, 0) is 43.8 Å². The number of nitrogens with zero attached hydrogens (tertiary/aromatic N) is 1. The monoisotopic (exact) mass is 281 g/mol. The van der Waals surface area contributed by atoms with Gasteiger partial charge in [-0.2, -0.15) is 0 Å². The Hall–Kier alpha value is -0.840. The summed E-state index contributed by atoms with van der Waals surface area (Å²) in [6.07, 6.45) is 3.11. The fourth-order valence-corrected chi connectivity index (χ4v) is 2.70. The summed E-state index contributed by atoms with van der Waals surface area (Å²) in [6.45, 7) is 4.81. The normalized spacial score (nSPS) is 16.5. The summed E-state index contributed by atoms with van der Waals surface area (Å²) in [5.41, 5.74) is 0. The van der Waals surface area contributed by atoms with Crippen LogP contribution in [0, 0.1) is 5.92 Å². The molecular formula is C15H23NO2S. The lowest BCUT2D eigenvalue weighted by Crippen LogP contribution is -2.28. The number of rotatable bonds is 4. The molecule has 1 aromatic rings. The summed E-state index contributed by atoms with van der Waals surface area (Å²) in [5, 5.41) is 0. The molecule has 0 amide bonds. The van der Waals surface area contributed by atoms with Crippen molar-refractivity contribution >= 4 is 18.2 Å². The predicted octanol–water partition coefficient (Wildman–Crippen LogP) is 3.26. The van der Waals surface area contributed by atoms with E-state index in [0.717, 1.165) is 38.8 Å². The first-order chi connectivity index (χ1) is 9.30. The Labute approximate surface area is 120 Å². The number of aldehydes is 1. The maximum Gasteiger partial charge on any atom is 0.123 e. The number of benzene rings is 1. The highest BCUT2D eigenvalue weighted by atomic mass is 32.2. The molecule has 106 valence electrons. The molecule has 0 atom stereocenters. The van der Waals surface area contributed by atoms with Crippen LogP contribution < -0.4 is 0 Å². The second-order valence-corrected chi connectivity index (χ2v) is 5.55. The van der Waals surface area contributed by atoms with Gasteiger partial charge in [0.25, 0.3) is 0 Å². The SMILES string of the molecule is CCOC.O=CC1CCN(Sc2ccccc2)CC1. The second kappa shape index (κ2) is 10.0. The molecule has 0 unspecified atom stereocenters. The Balaban J connectivity index is 0.000000399. The van der Waals surface area contributed by atoms with Gasteiger partial charge in [-0.25, -0.2) is 4.31 Å². The molecule has 0 spiro atoms. The van der Waals surface area contributed by atoms with Crippen LogP contribution in [-0.4, -0.2) is 37.4 Å². The molecule has 4 heteroatoms.